The van der Waals surface area contributed by atoms with Crippen LogP contribution in [0.2, 0.25) is 0 Å². The normalized spacial score (nSPS) is 26.5. The molecule has 2 unspecified atom stereocenters. The lowest BCUT2D eigenvalue weighted by Crippen LogP contribution is -2.17. The lowest BCUT2D eigenvalue weighted by Gasteiger charge is -2.25. The van der Waals surface area contributed by atoms with Crippen molar-refractivity contribution >= 4 is 11.6 Å². The minimum absolute atomic E-state index is 0.424. The summed E-state index contributed by atoms with van der Waals surface area (Å²) in [6.45, 7) is 2.20. The number of benzene rings is 1. The van der Waals surface area contributed by atoms with Gasteiger partial charge in [0.15, 0.2) is 0 Å². The van der Waals surface area contributed by atoms with Crippen molar-refractivity contribution in [1.82, 2.24) is 0 Å². The van der Waals surface area contributed by atoms with Crippen molar-refractivity contribution < 1.29 is 0 Å². The van der Waals surface area contributed by atoms with E-state index in [1.54, 1.807) is 0 Å². The molecule has 1 aromatic rings. The van der Waals surface area contributed by atoms with Gasteiger partial charge in [-0.15, -0.1) is 11.6 Å². The van der Waals surface area contributed by atoms with Crippen LogP contribution in [0.1, 0.15) is 36.8 Å². The lowest BCUT2D eigenvalue weighted by molar-refractivity contribution is 0.361. The summed E-state index contributed by atoms with van der Waals surface area (Å²) in [6, 6.07) is 8.72. The third kappa shape index (κ3) is 2.98. The lowest BCUT2D eigenvalue weighted by atomic mass is 9.84. The van der Waals surface area contributed by atoms with Gasteiger partial charge in [0.2, 0.25) is 0 Å². The molecular formula is C14H19Cl. The SMILES string of the molecule is Cc1ccccc1CC1CCCC(Cl)C1. The monoisotopic (exact) mass is 222 g/mol. The molecule has 2 atom stereocenters. The van der Waals surface area contributed by atoms with Gasteiger partial charge in [-0.2, -0.15) is 0 Å². The second kappa shape index (κ2) is 5.03. The molecule has 1 aromatic carbocycles. The third-order valence-electron chi connectivity index (χ3n) is 3.49. The largest absolute Gasteiger partial charge is 0.123 e. The number of hydrogen-bond acceptors (Lipinski definition) is 0. The van der Waals surface area contributed by atoms with Crippen molar-refractivity contribution in [1.29, 1.82) is 0 Å². The molecule has 1 saturated carbocycles. The summed E-state index contributed by atoms with van der Waals surface area (Å²) in [5.41, 5.74) is 2.93. The van der Waals surface area contributed by atoms with Gasteiger partial charge in [-0.25, -0.2) is 0 Å². The molecule has 1 fully saturated rings. The fourth-order valence-corrected chi connectivity index (χ4v) is 2.97. The van der Waals surface area contributed by atoms with E-state index in [4.69, 9.17) is 11.6 Å². The first-order valence-electron chi connectivity index (χ1n) is 5.94. The fourth-order valence-electron chi connectivity index (χ4n) is 2.56. The second-order valence-corrected chi connectivity index (χ2v) is 5.38. The highest BCUT2D eigenvalue weighted by molar-refractivity contribution is 6.20. The quantitative estimate of drug-likeness (QED) is 0.654. The molecule has 0 nitrogen and oxygen atoms in total. The molecule has 1 aliphatic carbocycles. The molecule has 1 aliphatic rings. The van der Waals surface area contributed by atoms with Crippen LogP contribution in [-0.4, -0.2) is 5.38 Å². The average Bonchev–Trinajstić information content (AvgIpc) is 2.22. The molecule has 0 aliphatic heterocycles. The summed E-state index contributed by atoms with van der Waals surface area (Å²) >= 11 is 6.22. The van der Waals surface area contributed by atoms with E-state index in [1.807, 2.05) is 0 Å². The van der Waals surface area contributed by atoms with Crippen molar-refractivity contribution in [3.8, 4) is 0 Å². The highest BCUT2D eigenvalue weighted by Crippen LogP contribution is 2.30. The van der Waals surface area contributed by atoms with E-state index in [0.717, 1.165) is 5.92 Å². The molecule has 15 heavy (non-hydrogen) atoms. The Kier molecular flexibility index (Phi) is 3.69. The van der Waals surface area contributed by atoms with E-state index in [9.17, 15) is 0 Å². The molecule has 0 bridgehead atoms. The Morgan fingerprint density at radius 1 is 1.27 bits per heavy atom. The summed E-state index contributed by atoms with van der Waals surface area (Å²) in [7, 11) is 0. The Labute approximate surface area is 97.6 Å². The van der Waals surface area contributed by atoms with Gasteiger partial charge in [0.25, 0.3) is 0 Å². The number of hydrogen-bond donors (Lipinski definition) is 0. The molecule has 0 aromatic heterocycles. The summed E-state index contributed by atoms with van der Waals surface area (Å²) in [5.74, 6) is 0.808. The Morgan fingerprint density at radius 3 is 2.80 bits per heavy atom. The Balaban J connectivity index is 1.99. The minimum Gasteiger partial charge on any atom is -0.123 e. The number of halogens is 1. The topological polar surface area (TPSA) is 0 Å². The van der Waals surface area contributed by atoms with E-state index >= 15 is 0 Å². The zero-order chi connectivity index (χ0) is 10.7. The molecule has 82 valence electrons. The predicted molar refractivity (Wildman–Crippen MR) is 66.5 cm³/mol. The summed E-state index contributed by atoms with van der Waals surface area (Å²) in [4.78, 5) is 0. The van der Waals surface area contributed by atoms with Crippen LogP contribution in [0.3, 0.4) is 0 Å². The molecule has 1 heteroatoms. The van der Waals surface area contributed by atoms with Crippen LogP contribution >= 0.6 is 11.6 Å². The van der Waals surface area contributed by atoms with Gasteiger partial charge in [-0.3, -0.25) is 0 Å². The van der Waals surface area contributed by atoms with E-state index < -0.39 is 0 Å². The van der Waals surface area contributed by atoms with Gasteiger partial charge in [0, 0.05) is 5.38 Å². The predicted octanol–water partition coefficient (Wildman–Crippen LogP) is 4.34. The number of alkyl halides is 1. The van der Waals surface area contributed by atoms with Crippen molar-refractivity contribution in [2.75, 3.05) is 0 Å². The first kappa shape index (κ1) is 11.0. The maximum atomic E-state index is 6.22. The molecule has 0 radical (unpaired) electrons. The zero-order valence-electron chi connectivity index (χ0n) is 9.38. The molecule has 0 N–H and O–H groups in total. The van der Waals surface area contributed by atoms with Crippen molar-refractivity contribution in [2.45, 2.75) is 44.4 Å². The van der Waals surface area contributed by atoms with Crippen LogP contribution < -0.4 is 0 Å². The van der Waals surface area contributed by atoms with Gasteiger partial charge in [-0.1, -0.05) is 37.1 Å². The molecule has 0 heterocycles. The van der Waals surface area contributed by atoms with E-state index in [-0.39, 0.29) is 0 Å². The highest BCUT2D eigenvalue weighted by atomic mass is 35.5. The van der Waals surface area contributed by atoms with Crippen molar-refractivity contribution in [2.24, 2.45) is 5.92 Å². The Hall–Kier alpha value is -0.490. The van der Waals surface area contributed by atoms with Crippen LogP contribution in [-0.2, 0) is 6.42 Å². The highest BCUT2D eigenvalue weighted by Gasteiger charge is 2.20. The van der Waals surface area contributed by atoms with Crippen LogP contribution in [0.5, 0.6) is 0 Å². The van der Waals surface area contributed by atoms with Crippen LogP contribution in [0.4, 0.5) is 0 Å². The average molecular weight is 223 g/mol. The van der Waals surface area contributed by atoms with E-state index in [2.05, 4.69) is 31.2 Å². The summed E-state index contributed by atoms with van der Waals surface area (Å²) in [6.07, 6.45) is 6.31. The van der Waals surface area contributed by atoms with E-state index in [0.29, 0.717) is 5.38 Å². The first-order chi connectivity index (χ1) is 7.25. The van der Waals surface area contributed by atoms with Crippen LogP contribution in [0.15, 0.2) is 24.3 Å². The molecule has 0 spiro atoms. The van der Waals surface area contributed by atoms with Gasteiger partial charge in [-0.05, 0) is 43.2 Å². The Morgan fingerprint density at radius 2 is 2.07 bits per heavy atom. The minimum atomic E-state index is 0.424. The third-order valence-corrected chi connectivity index (χ3v) is 3.89. The van der Waals surface area contributed by atoms with Crippen molar-refractivity contribution in [3.05, 3.63) is 35.4 Å². The van der Waals surface area contributed by atoms with E-state index in [1.165, 1.54) is 43.2 Å². The molecular weight excluding hydrogens is 204 g/mol. The van der Waals surface area contributed by atoms with Gasteiger partial charge < -0.3 is 0 Å². The first-order valence-corrected chi connectivity index (χ1v) is 6.38. The van der Waals surface area contributed by atoms with Crippen LogP contribution in [0.25, 0.3) is 0 Å². The maximum absolute atomic E-state index is 6.22. The molecule has 0 amide bonds. The second-order valence-electron chi connectivity index (χ2n) is 4.76. The number of aryl methyl sites for hydroxylation is 1. The standard InChI is InChI=1S/C14H19Cl/c1-11-5-2-3-7-13(11)9-12-6-4-8-14(15)10-12/h2-3,5,7,12,14H,4,6,8-10H2,1H3. The van der Waals surface area contributed by atoms with Gasteiger partial charge >= 0.3 is 0 Å². The zero-order valence-corrected chi connectivity index (χ0v) is 10.1. The van der Waals surface area contributed by atoms with Gasteiger partial charge in [0.1, 0.15) is 0 Å². The number of rotatable bonds is 2. The van der Waals surface area contributed by atoms with Crippen molar-refractivity contribution in [3.63, 3.8) is 0 Å². The van der Waals surface area contributed by atoms with Gasteiger partial charge in [0.05, 0.1) is 0 Å². The Bertz CT molecular complexity index is 319. The molecule has 2 rings (SSSR count). The fraction of sp³-hybridized carbons (Fsp3) is 0.571. The summed E-state index contributed by atoms with van der Waals surface area (Å²) < 4.78 is 0. The summed E-state index contributed by atoms with van der Waals surface area (Å²) in [5, 5.41) is 0.424. The smallest absolute Gasteiger partial charge is 0.0338 e. The maximum Gasteiger partial charge on any atom is 0.0338 e. The van der Waals surface area contributed by atoms with Crippen LogP contribution in [0, 0.1) is 12.8 Å². The molecule has 0 saturated heterocycles.